The van der Waals surface area contributed by atoms with Gasteiger partial charge in [-0.3, -0.25) is 0 Å². The molecule has 5 aromatic rings. The molecular weight excluding hydrogens is 330 g/mol. The van der Waals surface area contributed by atoms with Gasteiger partial charge in [0.15, 0.2) is 0 Å². The highest BCUT2D eigenvalue weighted by molar-refractivity contribution is 6.06. The van der Waals surface area contributed by atoms with Crippen molar-refractivity contribution in [3.05, 3.63) is 103 Å². The van der Waals surface area contributed by atoms with Gasteiger partial charge in [0.25, 0.3) is 0 Å². The van der Waals surface area contributed by atoms with Gasteiger partial charge >= 0.3 is 0 Å². The summed E-state index contributed by atoms with van der Waals surface area (Å²) >= 11 is 0. The molecule has 27 heavy (non-hydrogen) atoms. The third-order valence-electron chi connectivity index (χ3n) is 4.90. The Morgan fingerprint density at radius 2 is 1.11 bits per heavy atom. The first-order chi connectivity index (χ1) is 13.3. The average molecular weight is 349 g/mol. The second-order valence-corrected chi connectivity index (χ2v) is 6.79. The molecule has 0 N–H and O–H groups in total. The highest BCUT2D eigenvalue weighted by atomic mass is 16.3. The lowest BCUT2D eigenvalue weighted by Gasteiger charge is -2.25. The highest BCUT2D eigenvalue weighted by Gasteiger charge is 2.14. The zero-order chi connectivity index (χ0) is 18.2. The van der Waals surface area contributed by atoms with E-state index < -0.39 is 0 Å². The molecule has 0 aliphatic carbocycles. The van der Waals surface area contributed by atoms with E-state index in [-0.39, 0.29) is 0 Å². The number of furan rings is 1. The Labute approximate surface area is 158 Å². The van der Waals surface area contributed by atoms with Gasteiger partial charge in [-0.05, 0) is 55.0 Å². The molecule has 0 saturated carbocycles. The van der Waals surface area contributed by atoms with Crippen molar-refractivity contribution in [2.75, 3.05) is 4.90 Å². The summed E-state index contributed by atoms with van der Waals surface area (Å²) in [5.41, 5.74) is 6.37. The van der Waals surface area contributed by atoms with Crippen molar-refractivity contribution in [1.29, 1.82) is 0 Å². The molecule has 130 valence electrons. The number of hydrogen-bond acceptors (Lipinski definition) is 2. The van der Waals surface area contributed by atoms with Crippen LogP contribution in [0.1, 0.15) is 5.56 Å². The molecule has 2 heteroatoms. The molecule has 0 spiro atoms. The first-order valence-corrected chi connectivity index (χ1v) is 9.13. The Balaban J connectivity index is 1.71. The maximum Gasteiger partial charge on any atom is 0.137 e. The first-order valence-electron chi connectivity index (χ1n) is 9.13. The number of hydrogen-bond donors (Lipinski definition) is 0. The number of para-hydroxylation sites is 2. The second-order valence-electron chi connectivity index (χ2n) is 6.79. The van der Waals surface area contributed by atoms with Gasteiger partial charge in [0, 0.05) is 33.9 Å². The van der Waals surface area contributed by atoms with E-state index in [1.165, 1.54) is 5.56 Å². The van der Waals surface area contributed by atoms with Crippen LogP contribution in [-0.4, -0.2) is 0 Å². The van der Waals surface area contributed by atoms with E-state index in [2.05, 4.69) is 96.8 Å². The summed E-state index contributed by atoms with van der Waals surface area (Å²) in [4.78, 5) is 2.25. The average Bonchev–Trinajstić information content (AvgIpc) is 3.06. The molecule has 0 saturated heterocycles. The minimum absolute atomic E-state index is 0.907. The molecule has 1 heterocycles. The third-order valence-corrected chi connectivity index (χ3v) is 4.90. The molecule has 0 bridgehead atoms. The standard InChI is InChI=1S/C25H19NO/c1-18-12-14-22-23-15-13-21(17-25(23)27-24(22)16-18)26(19-8-4-2-5-9-19)20-10-6-3-7-11-20/h2-17H,1H3. The number of anilines is 3. The van der Waals surface area contributed by atoms with Crippen molar-refractivity contribution in [2.45, 2.75) is 6.92 Å². The number of rotatable bonds is 3. The number of aryl methyl sites for hydroxylation is 1. The Bertz CT molecular complexity index is 1180. The first kappa shape index (κ1) is 15.7. The molecule has 0 unspecified atom stereocenters. The fourth-order valence-electron chi connectivity index (χ4n) is 3.61. The Hall–Kier alpha value is -3.52. The van der Waals surface area contributed by atoms with Crippen LogP contribution in [0.3, 0.4) is 0 Å². The van der Waals surface area contributed by atoms with Crippen LogP contribution >= 0.6 is 0 Å². The van der Waals surface area contributed by atoms with E-state index in [9.17, 15) is 0 Å². The summed E-state index contributed by atoms with van der Waals surface area (Å²) < 4.78 is 6.17. The second kappa shape index (κ2) is 6.33. The summed E-state index contributed by atoms with van der Waals surface area (Å²) in [5, 5.41) is 2.31. The van der Waals surface area contributed by atoms with Gasteiger partial charge in [0.2, 0.25) is 0 Å². The lowest BCUT2D eigenvalue weighted by atomic mass is 10.1. The zero-order valence-corrected chi connectivity index (χ0v) is 15.1. The molecule has 0 atom stereocenters. The van der Waals surface area contributed by atoms with Crippen molar-refractivity contribution in [1.82, 2.24) is 0 Å². The van der Waals surface area contributed by atoms with Crippen LogP contribution in [0.25, 0.3) is 21.9 Å². The normalized spacial score (nSPS) is 11.1. The van der Waals surface area contributed by atoms with Crippen LogP contribution < -0.4 is 4.90 Å². The molecule has 0 fully saturated rings. The topological polar surface area (TPSA) is 16.4 Å². The largest absolute Gasteiger partial charge is 0.456 e. The number of nitrogens with zero attached hydrogens (tertiary/aromatic N) is 1. The maximum atomic E-state index is 6.17. The van der Waals surface area contributed by atoms with E-state index in [1.807, 2.05) is 12.1 Å². The predicted octanol–water partition coefficient (Wildman–Crippen LogP) is 7.36. The maximum absolute atomic E-state index is 6.17. The summed E-state index contributed by atoms with van der Waals surface area (Å²) in [6.07, 6.45) is 0. The minimum atomic E-state index is 0.907. The summed E-state index contributed by atoms with van der Waals surface area (Å²) in [5.74, 6) is 0. The van der Waals surface area contributed by atoms with Crippen LogP contribution in [0.4, 0.5) is 17.1 Å². The highest BCUT2D eigenvalue weighted by Crippen LogP contribution is 2.38. The molecule has 5 rings (SSSR count). The third kappa shape index (κ3) is 2.76. The van der Waals surface area contributed by atoms with Gasteiger partial charge in [0.05, 0.1) is 0 Å². The summed E-state index contributed by atoms with van der Waals surface area (Å²) in [7, 11) is 0. The Morgan fingerprint density at radius 1 is 0.556 bits per heavy atom. The fraction of sp³-hybridized carbons (Fsp3) is 0.0400. The molecule has 2 nitrogen and oxygen atoms in total. The van der Waals surface area contributed by atoms with Crippen LogP contribution in [0.15, 0.2) is 101 Å². The van der Waals surface area contributed by atoms with Gasteiger partial charge < -0.3 is 9.32 Å². The lowest BCUT2D eigenvalue weighted by molar-refractivity contribution is 0.668. The van der Waals surface area contributed by atoms with E-state index in [1.54, 1.807) is 0 Å². The predicted molar refractivity (Wildman–Crippen MR) is 113 cm³/mol. The van der Waals surface area contributed by atoms with Crippen molar-refractivity contribution in [2.24, 2.45) is 0 Å². The van der Waals surface area contributed by atoms with Gasteiger partial charge in [-0.1, -0.05) is 48.5 Å². The fourth-order valence-corrected chi connectivity index (χ4v) is 3.61. The quantitative estimate of drug-likeness (QED) is 0.338. The minimum Gasteiger partial charge on any atom is -0.456 e. The van der Waals surface area contributed by atoms with Crippen LogP contribution in [-0.2, 0) is 0 Å². The van der Waals surface area contributed by atoms with Crippen molar-refractivity contribution in [3.8, 4) is 0 Å². The van der Waals surface area contributed by atoms with Crippen LogP contribution in [0.2, 0.25) is 0 Å². The number of fused-ring (bicyclic) bond motifs is 3. The van der Waals surface area contributed by atoms with Crippen molar-refractivity contribution >= 4 is 39.0 Å². The Kier molecular flexibility index (Phi) is 3.68. The monoisotopic (exact) mass is 349 g/mol. The van der Waals surface area contributed by atoms with Crippen molar-refractivity contribution < 1.29 is 4.42 Å². The van der Waals surface area contributed by atoms with E-state index in [4.69, 9.17) is 4.42 Å². The molecule has 0 aliphatic rings. The van der Waals surface area contributed by atoms with Gasteiger partial charge in [-0.25, -0.2) is 0 Å². The van der Waals surface area contributed by atoms with Gasteiger partial charge in [-0.15, -0.1) is 0 Å². The summed E-state index contributed by atoms with van der Waals surface area (Å²) in [6.45, 7) is 2.09. The van der Waals surface area contributed by atoms with Crippen LogP contribution in [0, 0.1) is 6.92 Å². The van der Waals surface area contributed by atoms with E-state index in [0.29, 0.717) is 0 Å². The molecule has 0 radical (unpaired) electrons. The molecule has 1 aromatic heterocycles. The lowest BCUT2D eigenvalue weighted by Crippen LogP contribution is -2.09. The molecule has 0 aliphatic heterocycles. The van der Waals surface area contributed by atoms with Crippen LogP contribution in [0.5, 0.6) is 0 Å². The van der Waals surface area contributed by atoms with E-state index >= 15 is 0 Å². The summed E-state index contributed by atoms with van der Waals surface area (Å²) in [6, 6.07) is 33.6. The van der Waals surface area contributed by atoms with Crippen molar-refractivity contribution in [3.63, 3.8) is 0 Å². The molecular formula is C25H19NO. The number of benzene rings is 4. The van der Waals surface area contributed by atoms with Gasteiger partial charge in [0.1, 0.15) is 11.2 Å². The SMILES string of the molecule is Cc1ccc2c(c1)oc1cc(N(c3ccccc3)c3ccccc3)ccc12. The van der Waals surface area contributed by atoms with Gasteiger partial charge in [-0.2, -0.15) is 0 Å². The van der Waals surface area contributed by atoms with E-state index in [0.717, 1.165) is 39.0 Å². The molecule has 4 aromatic carbocycles. The molecule has 0 amide bonds. The smallest absolute Gasteiger partial charge is 0.137 e. The Morgan fingerprint density at radius 3 is 1.74 bits per heavy atom. The zero-order valence-electron chi connectivity index (χ0n) is 15.1.